The van der Waals surface area contributed by atoms with Crippen molar-refractivity contribution in [3.05, 3.63) is 71.8 Å². The predicted molar refractivity (Wildman–Crippen MR) is 81.5 cm³/mol. The number of hydrogen-bond acceptors (Lipinski definition) is 1. The van der Waals surface area contributed by atoms with Crippen molar-refractivity contribution in [2.24, 2.45) is 0 Å². The predicted octanol–water partition coefficient (Wildman–Crippen LogP) is 4.39. The van der Waals surface area contributed by atoms with Gasteiger partial charge in [-0.3, -0.25) is 4.90 Å². The third kappa shape index (κ3) is 5.14. The van der Waals surface area contributed by atoms with Gasteiger partial charge in [-0.1, -0.05) is 74.5 Å². The van der Waals surface area contributed by atoms with E-state index in [9.17, 15) is 9.90 Å². The van der Waals surface area contributed by atoms with Gasteiger partial charge in [0, 0.05) is 13.1 Å². The summed E-state index contributed by atoms with van der Waals surface area (Å²) in [5.41, 5.74) is 1.99. The fourth-order valence-electron chi connectivity index (χ4n) is 1.80. The summed E-state index contributed by atoms with van der Waals surface area (Å²) in [6.07, 6.45) is -0.900. The first-order valence-corrected chi connectivity index (χ1v) is 6.81. The number of nitrogens with zero attached hydrogens (tertiary/aromatic N) is 1. The maximum Gasteiger partial charge on any atom is 0.407 e. The summed E-state index contributed by atoms with van der Waals surface area (Å²) in [4.78, 5) is 12.6. The molecule has 0 aromatic heterocycles. The van der Waals surface area contributed by atoms with Gasteiger partial charge in [-0.25, -0.2) is 4.79 Å². The standard InChI is InChI=1S/C15H15NO2.C2H6/c17-15(18)16(11-13-7-3-1-4-8-13)12-14-9-5-2-6-10-14;1-2/h1-10H,11-12H2,(H,17,18);1-2H3. The minimum absolute atomic E-state index is 0.408. The molecule has 1 N–H and O–H groups in total. The van der Waals surface area contributed by atoms with Crippen molar-refractivity contribution in [2.45, 2.75) is 26.9 Å². The van der Waals surface area contributed by atoms with Gasteiger partial charge in [0.2, 0.25) is 0 Å². The third-order valence-corrected chi connectivity index (χ3v) is 2.70. The normalized spacial score (nSPS) is 9.30. The molecule has 0 fully saturated rings. The molecular formula is C17H21NO2. The van der Waals surface area contributed by atoms with Crippen LogP contribution in [-0.2, 0) is 13.1 Å². The van der Waals surface area contributed by atoms with Crippen molar-refractivity contribution in [1.82, 2.24) is 4.90 Å². The molecule has 0 radical (unpaired) electrons. The Balaban J connectivity index is 0.000000956. The highest BCUT2D eigenvalue weighted by Gasteiger charge is 2.12. The van der Waals surface area contributed by atoms with Gasteiger partial charge < -0.3 is 5.11 Å². The molecule has 106 valence electrons. The van der Waals surface area contributed by atoms with E-state index in [2.05, 4.69) is 0 Å². The summed E-state index contributed by atoms with van der Waals surface area (Å²) in [7, 11) is 0. The number of rotatable bonds is 4. The lowest BCUT2D eigenvalue weighted by Gasteiger charge is -2.19. The Hall–Kier alpha value is -2.29. The van der Waals surface area contributed by atoms with E-state index >= 15 is 0 Å². The molecule has 0 aliphatic rings. The van der Waals surface area contributed by atoms with Crippen LogP contribution in [0.3, 0.4) is 0 Å². The van der Waals surface area contributed by atoms with E-state index in [1.165, 1.54) is 4.90 Å². The maximum absolute atomic E-state index is 11.2. The van der Waals surface area contributed by atoms with Gasteiger partial charge in [-0.2, -0.15) is 0 Å². The second kappa shape index (κ2) is 8.75. The van der Waals surface area contributed by atoms with E-state index in [1.54, 1.807) is 0 Å². The Morgan fingerprint density at radius 1 is 0.850 bits per heavy atom. The SMILES string of the molecule is CC.O=C(O)N(Cc1ccccc1)Cc1ccccc1. The summed E-state index contributed by atoms with van der Waals surface area (Å²) in [6.45, 7) is 4.82. The Bertz CT molecular complexity index is 455. The number of benzene rings is 2. The smallest absolute Gasteiger partial charge is 0.407 e. The molecule has 3 heteroatoms. The summed E-state index contributed by atoms with van der Waals surface area (Å²) >= 11 is 0. The van der Waals surface area contributed by atoms with Gasteiger partial charge in [0.25, 0.3) is 0 Å². The Labute approximate surface area is 120 Å². The Morgan fingerprint density at radius 2 is 1.20 bits per heavy atom. The zero-order valence-electron chi connectivity index (χ0n) is 12.0. The molecule has 0 aliphatic heterocycles. The fourth-order valence-corrected chi connectivity index (χ4v) is 1.80. The van der Waals surface area contributed by atoms with Gasteiger partial charge >= 0.3 is 6.09 Å². The largest absolute Gasteiger partial charge is 0.465 e. The molecule has 1 amide bonds. The van der Waals surface area contributed by atoms with Crippen LogP contribution in [0.1, 0.15) is 25.0 Å². The Morgan fingerprint density at radius 3 is 1.50 bits per heavy atom. The van der Waals surface area contributed by atoms with E-state index in [1.807, 2.05) is 74.5 Å². The van der Waals surface area contributed by atoms with Gasteiger partial charge in [-0.15, -0.1) is 0 Å². The molecule has 2 aromatic rings. The van der Waals surface area contributed by atoms with E-state index in [4.69, 9.17) is 0 Å². The second-order valence-electron chi connectivity index (χ2n) is 4.11. The van der Waals surface area contributed by atoms with Crippen LogP contribution in [-0.4, -0.2) is 16.1 Å². The van der Waals surface area contributed by atoms with Crippen LogP contribution in [0.25, 0.3) is 0 Å². The van der Waals surface area contributed by atoms with E-state index < -0.39 is 6.09 Å². The van der Waals surface area contributed by atoms with Crippen LogP contribution >= 0.6 is 0 Å². The van der Waals surface area contributed by atoms with Crippen LogP contribution in [0, 0.1) is 0 Å². The molecule has 0 unspecified atom stereocenters. The number of hydrogen-bond donors (Lipinski definition) is 1. The van der Waals surface area contributed by atoms with Gasteiger partial charge in [0.1, 0.15) is 0 Å². The Kier molecular flexibility index (Phi) is 6.90. The minimum Gasteiger partial charge on any atom is -0.465 e. The number of carbonyl (C=O) groups is 1. The molecule has 0 heterocycles. The second-order valence-corrected chi connectivity index (χ2v) is 4.11. The molecule has 0 spiro atoms. The summed E-state index contributed by atoms with van der Waals surface area (Å²) in [6, 6.07) is 19.2. The fraction of sp³-hybridized carbons (Fsp3) is 0.235. The van der Waals surface area contributed by atoms with E-state index in [0.29, 0.717) is 13.1 Å². The minimum atomic E-state index is -0.900. The first-order valence-electron chi connectivity index (χ1n) is 6.81. The third-order valence-electron chi connectivity index (χ3n) is 2.70. The highest BCUT2D eigenvalue weighted by Crippen LogP contribution is 2.10. The van der Waals surface area contributed by atoms with E-state index in [-0.39, 0.29) is 0 Å². The zero-order valence-corrected chi connectivity index (χ0v) is 12.0. The van der Waals surface area contributed by atoms with Crippen LogP contribution in [0.15, 0.2) is 60.7 Å². The van der Waals surface area contributed by atoms with Crippen molar-refractivity contribution >= 4 is 6.09 Å². The molecular weight excluding hydrogens is 250 g/mol. The first kappa shape index (κ1) is 15.8. The molecule has 3 nitrogen and oxygen atoms in total. The van der Waals surface area contributed by atoms with E-state index in [0.717, 1.165) is 11.1 Å². The lowest BCUT2D eigenvalue weighted by molar-refractivity contribution is 0.139. The molecule has 0 bridgehead atoms. The number of carboxylic acid groups (broad SMARTS) is 1. The maximum atomic E-state index is 11.2. The monoisotopic (exact) mass is 271 g/mol. The van der Waals surface area contributed by atoms with Crippen LogP contribution in [0.2, 0.25) is 0 Å². The highest BCUT2D eigenvalue weighted by molar-refractivity contribution is 5.65. The summed E-state index contributed by atoms with van der Waals surface area (Å²) < 4.78 is 0. The summed E-state index contributed by atoms with van der Waals surface area (Å²) in [5, 5.41) is 9.22. The topological polar surface area (TPSA) is 40.5 Å². The molecule has 20 heavy (non-hydrogen) atoms. The van der Waals surface area contributed by atoms with Crippen molar-refractivity contribution in [2.75, 3.05) is 0 Å². The van der Waals surface area contributed by atoms with Crippen molar-refractivity contribution in [3.8, 4) is 0 Å². The zero-order chi connectivity index (χ0) is 14.8. The van der Waals surface area contributed by atoms with Crippen molar-refractivity contribution < 1.29 is 9.90 Å². The molecule has 0 atom stereocenters. The van der Waals surface area contributed by atoms with Gasteiger partial charge in [-0.05, 0) is 11.1 Å². The summed E-state index contributed by atoms with van der Waals surface area (Å²) in [5.74, 6) is 0. The van der Waals surface area contributed by atoms with Crippen molar-refractivity contribution in [3.63, 3.8) is 0 Å². The molecule has 2 rings (SSSR count). The van der Waals surface area contributed by atoms with Crippen LogP contribution in [0.4, 0.5) is 4.79 Å². The lowest BCUT2D eigenvalue weighted by atomic mass is 10.2. The van der Waals surface area contributed by atoms with Gasteiger partial charge in [0.15, 0.2) is 0 Å². The molecule has 2 aromatic carbocycles. The average Bonchev–Trinajstić information content (AvgIpc) is 2.51. The molecule has 0 saturated carbocycles. The van der Waals surface area contributed by atoms with Gasteiger partial charge in [0.05, 0.1) is 0 Å². The highest BCUT2D eigenvalue weighted by atomic mass is 16.4. The molecule has 0 saturated heterocycles. The van der Waals surface area contributed by atoms with Crippen LogP contribution < -0.4 is 0 Å². The number of amides is 1. The average molecular weight is 271 g/mol. The lowest BCUT2D eigenvalue weighted by Crippen LogP contribution is -2.28. The van der Waals surface area contributed by atoms with Crippen LogP contribution in [0.5, 0.6) is 0 Å². The quantitative estimate of drug-likeness (QED) is 0.895. The first-order chi connectivity index (χ1) is 9.75. The molecule has 0 aliphatic carbocycles. The van der Waals surface area contributed by atoms with Crippen molar-refractivity contribution in [1.29, 1.82) is 0 Å².